The number of aliphatic hydroxyl groups is 1. The molecular formula is C19H22ClFN2O6. The Kier molecular flexibility index (Phi) is 6.99. The molecule has 1 aromatic heterocycles. The Morgan fingerprint density at radius 1 is 1.41 bits per heavy atom. The van der Waals surface area contributed by atoms with Crippen LogP contribution in [0.25, 0.3) is 11.1 Å². The molecule has 0 radical (unpaired) electrons. The van der Waals surface area contributed by atoms with Gasteiger partial charge in [-0.15, -0.1) is 0 Å². The third-order valence-electron chi connectivity index (χ3n) is 3.70. The van der Waals surface area contributed by atoms with E-state index in [1.807, 2.05) is 0 Å². The fourth-order valence-corrected chi connectivity index (χ4v) is 2.67. The minimum atomic E-state index is -1.82. The van der Waals surface area contributed by atoms with E-state index in [9.17, 15) is 19.1 Å². The number of carbonyl (C=O) groups excluding carboxylic acids is 2. The van der Waals surface area contributed by atoms with E-state index < -0.39 is 47.3 Å². The van der Waals surface area contributed by atoms with E-state index in [1.54, 1.807) is 20.8 Å². The van der Waals surface area contributed by atoms with Crippen LogP contribution in [0.5, 0.6) is 0 Å². The van der Waals surface area contributed by atoms with Gasteiger partial charge < -0.3 is 24.7 Å². The van der Waals surface area contributed by atoms with Gasteiger partial charge in [0.15, 0.2) is 11.4 Å². The summed E-state index contributed by atoms with van der Waals surface area (Å²) in [5, 5.41) is 10.8. The first-order valence-electron chi connectivity index (χ1n) is 8.64. The third kappa shape index (κ3) is 5.53. The number of nitrogens with two attached hydrogens (primary N) is 1. The Balaban J connectivity index is 2.41. The molecule has 2 rings (SSSR count). The summed E-state index contributed by atoms with van der Waals surface area (Å²) in [4.78, 5) is 28.7. The lowest BCUT2D eigenvalue weighted by atomic mass is 9.93. The molecule has 0 aliphatic heterocycles. The van der Waals surface area contributed by atoms with E-state index in [-0.39, 0.29) is 22.7 Å². The van der Waals surface area contributed by atoms with Crippen molar-refractivity contribution in [2.45, 2.75) is 38.5 Å². The molecule has 1 heterocycles. The summed E-state index contributed by atoms with van der Waals surface area (Å²) in [6.07, 6.45) is -0.516. The molecule has 0 fully saturated rings. The molecule has 2 aromatic rings. The average Bonchev–Trinajstić information content (AvgIpc) is 3.02. The topological polar surface area (TPSA) is 125 Å². The quantitative estimate of drug-likeness (QED) is 0.509. The fraction of sp³-hybridized carbons (Fsp3) is 0.421. The summed E-state index contributed by atoms with van der Waals surface area (Å²) < 4.78 is 29.5. The van der Waals surface area contributed by atoms with Crippen molar-refractivity contribution in [2.75, 3.05) is 6.61 Å². The first-order valence-corrected chi connectivity index (χ1v) is 9.02. The number of esters is 2. The van der Waals surface area contributed by atoms with Crippen molar-refractivity contribution >= 4 is 34.6 Å². The molecule has 10 heteroatoms. The minimum absolute atomic E-state index is 0.0481. The van der Waals surface area contributed by atoms with Gasteiger partial charge in [0.25, 0.3) is 0 Å². The predicted octanol–water partition coefficient (Wildman–Crippen LogP) is 2.67. The maximum atomic E-state index is 14.0. The van der Waals surface area contributed by atoms with E-state index in [4.69, 9.17) is 31.2 Å². The summed E-state index contributed by atoms with van der Waals surface area (Å²) in [5.41, 5.74) is 4.77. The van der Waals surface area contributed by atoms with Crippen LogP contribution in [0.1, 0.15) is 32.8 Å². The fourth-order valence-electron chi connectivity index (χ4n) is 2.48. The molecule has 29 heavy (non-hydrogen) atoms. The van der Waals surface area contributed by atoms with Crippen molar-refractivity contribution in [1.29, 1.82) is 0 Å². The van der Waals surface area contributed by atoms with Crippen LogP contribution in [0.15, 0.2) is 29.2 Å². The number of carbonyl (C=O) groups is 2. The molecule has 8 nitrogen and oxygen atoms in total. The number of ether oxygens (including phenoxy) is 2. The maximum Gasteiger partial charge on any atom is 0.324 e. The number of aromatic nitrogens is 1. The number of nitrogens with zero attached hydrogens (tertiary/aromatic N) is 1. The van der Waals surface area contributed by atoms with Gasteiger partial charge in [0.1, 0.15) is 35.8 Å². The van der Waals surface area contributed by atoms with E-state index in [0.29, 0.717) is 0 Å². The average molecular weight is 429 g/mol. The highest BCUT2D eigenvalue weighted by atomic mass is 35.5. The molecule has 3 atom stereocenters. The SMILES string of the molecule is C=CCOC(=O)[C@@H](C(N)C(=O)OC(C)(C)C)C(O)c1nc2c(F)cc(Cl)cc2o1. The van der Waals surface area contributed by atoms with Gasteiger partial charge in [-0.2, -0.15) is 0 Å². The number of fused-ring (bicyclic) bond motifs is 1. The standard InChI is InChI=1S/C19H22ClFN2O6/c1-5-6-27-17(25)12(13(22)18(26)29-19(2,3)4)15(24)16-23-14-10(21)7-9(20)8-11(14)28-16/h5,7-8,12-13,15,24H,1,6,22H2,2-4H3/t12-,13?,15?/m0/s1. The second-order valence-electron chi connectivity index (χ2n) is 7.24. The van der Waals surface area contributed by atoms with Crippen molar-refractivity contribution < 1.29 is 33.0 Å². The number of hydrogen-bond acceptors (Lipinski definition) is 8. The summed E-state index contributed by atoms with van der Waals surface area (Å²) in [6.45, 7) is 8.10. The van der Waals surface area contributed by atoms with Crippen molar-refractivity contribution in [2.24, 2.45) is 11.7 Å². The smallest absolute Gasteiger partial charge is 0.324 e. The zero-order valence-corrected chi connectivity index (χ0v) is 16.9. The van der Waals surface area contributed by atoms with Crippen molar-refractivity contribution in [3.63, 3.8) is 0 Å². The van der Waals surface area contributed by atoms with Gasteiger partial charge in [-0.05, 0) is 26.8 Å². The molecule has 2 unspecified atom stereocenters. The molecule has 0 saturated carbocycles. The van der Waals surface area contributed by atoms with E-state index >= 15 is 0 Å². The molecule has 0 amide bonds. The molecule has 0 spiro atoms. The zero-order chi connectivity index (χ0) is 21.9. The van der Waals surface area contributed by atoms with Crippen LogP contribution < -0.4 is 5.73 Å². The van der Waals surface area contributed by atoms with Crippen molar-refractivity contribution in [3.05, 3.63) is 41.5 Å². The van der Waals surface area contributed by atoms with Crippen molar-refractivity contribution in [3.8, 4) is 0 Å². The Bertz CT molecular complexity index is 923. The lowest BCUT2D eigenvalue weighted by Crippen LogP contribution is -2.48. The molecule has 0 bridgehead atoms. The van der Waals surface area contributed by atoms with Gasteiger partial charge in [-0.25, -0.2) is 9.37 Å². The van der Waals surface area contributed by atoms with Crippen molar-refractivity contribution in [1.82, 2.24) is 4.98 Å². The van der Waals surface area contributed by atoms with Gasteiger partial charge >= 0.3 is 11.9 Å². The number of rotatable bonds is 7. The number of halogens is 2. The van der Waals surface area contributed by atoms with Crippen LogP contribution >= 0.6 is 11.6 Å². The molecule has 3 N–H and O–H groups in total. The van der Waals surface area contributed by atoms with E-state index in [2.05, 4.69) is 11.6 Å². The second kappa shape index (κ2) is 8.89. The summed E-state index contributed by atoms with van der Waals surface area (Å²) in [5.74, 6) is -4.78. The van der Waals surface area contributed by atoms with Crippen LogP contribution in [-0.4, -0.2) is 40.3 Å². The van der Waals surface area contributed by atoms with E-state index in [1.165, 1.54) is 12.1 Å². The predicted molar refractivity (Wildman–Crippen MR) is 102 cm³/mol. The highest BCUT2D eigenvalue weighted by molar-refractivity contribution is 6.31. The summed E-state index contributed by atoms with van der Waals surface area (Å²) in [7, 11) is 0. The van der Waals surface area contributed by atoms with E-state index in [0.717, 1.165) is 6.07 Å². The normalized spacial score (nSPS) is 14.9. The molecule has 1 aromatic carbocycles. The lowest BCUT2D eigenvalue weighted by Gasteiger charge is -2.27. The summed E-state index contributed by atoms with van der Waals surface area (Å²) in [6, 6.07) is 0.706. The first kappa shape index (κ1) is 22.8. The Morgan fingerprint density at radius 2 is 2.07 bits per heavy atom. The number of aliphatic hydroxyl groups excluding tert-OH is 1. The Labute approximate surface area is 171 Å². The number of oxazole rings is 1. The molecular weight excluding hydrogens is 407 g/mol. The lowest BCUT2D eigenvalue weighted by molar-refractivity contribution is -0.167. The van der Waals surface area contributed by atoms with Crippen LogP contribution in [0.3, 0.4) is 0 Å². The van der Waals surface area contributed by atoms with Crippen LogP contribution in [0.2, 0.25) is 5.02 Å². The van der Waals surface area contributed by atoms with Gasteiger partial charge in [0.2, 0.25) is 5.89 Å². The highest BCUT2D eigenvalue weighted by Gasteiger charge is 2.42. The molecule has 0 aliphatic carbocycles. The van der Waals surface area contributed by atoms with Crippen LogP contribution in [-0.2, 0) is 19.1 Å². The Morgan fingerprint density at radius 3 is 2.66 bits per heavy atom. The van der Waals surface area contributed by atoms with Gasteiger partial charge in [0, 0.05) is 11.1 Å². The molecule has 0 saturated heterocycles. The third-order valence-corrected chi connectivity index (χ3v) is 3.92. The van der Waals surface area contributed by atoms with Crippen LogP contribution in [0, 0.1) is 11.7 Å². The monoisotopic (exact) mass is 428 g/mol. The van der Waals surface area contributed by atoms with Gasteiger partial charge in [-0.3, -0.25) is 9.59 Å². The van der Waals surface area contributed by atoms with Gasteiger partial charge in [0.05, 0.1) is 0 Å². The summed E-state index contributed by atoms with van der Waals surface area (Å²) >= 11 is 5.78. The number of hydrogen-bond donors (Lipinski definition) is 2. The van der Waals surface area contributed by atoms with Gasteiger partial charge in [-0.1, -0.05) is 24.3 Å². The molecule has 0 aliphatic rings. The maximum absolute atomic E-state index is 14.0. The minimum Gasteiger partial charge on any atom is -0.461 e. The molecule has 158 valence electrons. The first-order chi connectivity index (χ1) is 13.4. The zero-order valence-electron chi connectivity index (χ0n) is 16.1. The van der Waals surface area contributed by atoms with Crippen LogP contribution in [0.4, 0.5) is 4.39 Å². The highest BCUT2D eigenvalue weighted by Crippen LogP contribution is 2.31. The number of benzene rings is 1. The Hall–Kier alpha value is -2.49. The largest absolute Gasteiger partial charge is 0.461 e. The second-order valence-corrected chi connectivity index (χ2v) is 7.67.